The lowest BCUT2D eigenvalue weighted by Crippen LogP contribution is -2.34. The Labute approximate surface area is 169 Å². The molecule has 142 valence electrons. The van der Waals surface area contributed by atoms with Gasteiger partial charge in [0.2, 0.25) is 0 Å². The minimum atomic E-state index is -0.410. The zero-order valence-corrected chi connectivity index (χ0v) is 16.4. The van der Waals surface area contributed by atoms with E-state index in [-0.39, 0.29) is 27.6 Å². The summed E-state index contributed by atoms with van der Waals surface area (Å²) < 4.78 is 0. The maximum atomic E-state index is 12.6. The van der Waals surface area contributed by atoms with Gasteiger partial charge in [0.25, 0.3) is 11.8 Å². The van der Waals surface area contributed by atoms with Crippen molar-refractivity contribution < 1.29 is 9.59 Å². The summed E-state index contributed by atoms with van der Waals surface area (Å²) in [5.74, 6) is -0.527. The third kappa shape index (κ3) is 5.24. The van der Waals surface area contributed by atoms with Crippen molar-refractivity contribution in [3.05, 3.63) is 63.6 Å². The zero-order valence-electron chi connectivity index (χ0n) is 14.9. The van der Waals surface area contributed by atoms with Gasteiger partial charge >= 0.3 is 0 Å². The Balaban J connectivity index is 1.69. The van der Waals surface area contributed by atoms with E-state index in [2.05, 4.69) is 10.6 Å². The van der Waals surface area contributed by atoms with Gasteiger partial charge in [0.15, 0.2) is 0 Å². The maximum absolute atomic E-state index is 12.6. The molecule has 0 heterocycles. The first-order valence-electron chi connectivity index (χ1n) is 9.21. The highest BCUT2D eigenvalue weighted by atomic mass is 35.5. The van der Waals surface area contributed by atoms with Gasteiger partial charge < -0.3 is 10.6 Å². The number of amides is 2. The van der Waals surface area contributed by atoms with E-state index < -0.39 is 5.91 Å². The summed E-state index contributed by atoms with van der Waals surface area (Å²) >= 11 is 12.2. The van der Waals surface area contributed by atoms with Crippen LogP contribution in [0.1, 0.15) is 59.2 Å². The molecule has 0 bridgehead atoms. The van der Waals surface area contributed by atoms with Crippen LogP contribution in [0.3, 0.4) is 0 Å². The Morgan fingerprint density at radius 2 is 1.48 bits per heavy atom. The molecule has 4 nitrogen and oxygen atoms in total. The fraction of sp³-hybridized carbons (Fsp3) is 0.333. The maximum Gasteiger partial charge on any atom is 0.258 e. The van der Waals surface area contributed by atoms with Crippen LogP contribution in [0.2, 0.25) is 10.0 Å². The second-order valence-corrected chi connectivity index (χ2v) is 7.61. The predicted molar refractivity (Wildman–Crippen MR) is 110 cm³/mol. The van der Waals surface area contributed by atoms with Crippen molar-refractivity contribution in [3.63, 3.8) is 0 Å². The second kappa shape index (κ2) is 9.25. The predicted octanol–water partition coefficient (Wildman–Crippen LogP) is 5.70. The number of hydrogen-bond donors (Lipinski definition) is 2. The molecule has 1 saturated carbocycles. The third-order valence-electron chi connectivity index (χ3n) is 4.76. The number of rotatable bonds is 4. The summed E-state index contributed by atoms with van der Waals surface area (Å²) in [5, 5.41) is 6.43. The average molecular weight is 405 g/mol. The molecule has 1 fully saturated rings. The monoisotopic (exact) mass is 404 g/mol. The van der Waals surface area contributed by atoms with Crippen molar-refractivity contribution in [3.8, 4) is 0 Å². The summed E-state index contributed by atoms with van der Waals surface area (Å²) in [7, 11) is 0. The number of benzene rings is 2. The molecule has 0 saturated heterocycles. The summed E-state index contributed by atoms with van der Waals surface area (Å²) in [6.45, 7) is 0. The molecule has 6 heteroatoms. The van der Waals surface area contributed by atoms with Gasteiger partial charge in [0.05, 0.1) is 15.6 Å². The van der Waals surface area contributed by atoms with Gasteiger partial charge in [0.1, 0.15) is 0 Å². The Bertz CT molecular complexity index is 810. The molecule has 2 aromatic carbocycles. The number of carbonyl (C=O) groups excluding carboxylic acids is 2. The van der Waals surface area contributed by atoms with E-state index in [0.29, 0.717) is 11.3 Å². The van der Waals surface area contributed by atoms with Gasteiger partial charge in [-0.1, -0.05) is 61.0 Å². The Morgan fingerprint density at radius 3 is 2.15 bits per heavy atom. The van der Waals surface area contributed by atoms with Gasteiger partial charge in [-0.15, -0.1) is 0 Å². The molecule has 0 aliphatic heterocycles. The van der Waals surface area contributed by atoms with Gasteiger partial charge in [-0.2, -0.15) is 0 Å². The Hall–Kier alpha value is -2.04. The second-order valence-electron chi connectivity index (χ2n) is 6.79. The van der Waals surface area contributed by atoms with Gasteiger partial charge in [0, 0.05) is 17.3 Å². The Morgan fingerprint density at radius 1 is 0.852 bits per heavy atom. The van der Waals surface area contributed by atoms with Crippen molar-refractivity contribution in [2.75, 3.05) is 5.32 Å². The van der Waals surface area contributed by atoms with E-state index in [0.717, 1.165) is 25.7 Å². The van der Waals surface area contributed by atoms with Gasteiger partial charge in [-0.05, 0) is 43.2 Å². The molecular formula is C21H22Cl2N2O2. The fourth-order valence-corrected chi connectivity index (χ4v) is 3.91. The van der Waals surface area contributed by atoms with E-state index in [9.17, 15) is 9.59 Å². The molecule has 27 heavy (non-hydrogen) atoms. The van der Waals surface area contributed by atoms with Crippen LogP contribution in [-0.2, 0) is 0 Å². The van der Waals surface area contributed by atoms with E-state index in [1.165, 1.54) is 12.8 Å². The van der Waals surface area contributed by atoms with Crippen molar-refractivity contribution in [1.82, 2.24) is 5.32 Å². The lowest BCUT2D eigenvalue weighted by Gasteiger charge is -2.16. The molecule has 1 aliphatic carbocycles. The van der Waals surface area contributed by atoms with Crippen LogP contribution in [0.25, 0.3) is 0 Å². The topological polar surface area (TPSA) is 58.2 Å². The molecular weight excluding hydrogens is 383 g/mol. The van der Waals surface area contributed by atoms with E-state index in [1.54, 1.807) is 42.5 Å². The first-order chi connectivity index (χ1) is 13.0. The number of anilines is 1. The molecule has 1 aliphatic rings. The molecule has 2 amide bonds. The van der Waals surface area contributed by atoms with Crippen molar-refractivity contribution in [2.24, 2.45) is 0 Å². The molecule has 2 N–H and O–H groups in total. The number of nitrogens with one attached hydrogen (secondary N) is 2. The molecule has 0 aromatic heterocycles. The van der Waals surface area contributed by atoms with Gasteiger partial charge in [-0.25, -0.2) is 0 Å². The number of hydrogen-bond acceptors (Lipinski definition) is 2. The van der Waals surface area contributed by atoms with E-state index >= 15 is 0 Å². The molecule has 0 radical (unpaired) electrons. The summed E-state index contributed by atoms with van der Waals surface area (Å²) in [6.07, 6.45) is 6.82. The largest absolute Gasteiger partial charge is 0.349 e. The van der Waals surface area contributed by atoms with Crippen LogP contribution in [0.15, 0.2) is 42.5 Å². The van der Waals surface area contributed by atoms with E-state index in [4.69, 9.17) is 23.2 Å². The average Bonchev–Trinajstić information content (AvgIpc) is 2.90. The summed E-state index contributed by atoms with van der Waals surface area (Å²) in [6, 6.07) is 12.0. The normalized spacial score (nSPS) is 15.0. The first-order valence-corrected chi connectivity index (χ1v) is 9.96. The minimum Gasteiger partial charge on any atom is -0.349 e. The molecule has 0 spiro atoms. The summed E-state index contributed by atoms with van der Waals surface area (Å²) in [4.78, 5) is 25.1. The van der Waals surface area contributed by atoms with Crippen LogP contribution in [0.5, 0.6) is 0 Å². The number of halogens is 2. The van der Waals surface area contributed by atoms with Gasteiger partial charge in [-0.3, -0.25) is 9.59 Å². The van der Waals surface area contributed by atoms with Crippen LogP contribution in [0, 0.1) is 0 Å². The molecule has 3 rings (SSSR count). The molecule has 2 aromatic rings. The SMILES string of the molecule is O=C(NC1CCCCCC1)c1cccc(NC(=O)c2c(Cl)cccc2Cl)c1. The highest BCUT2D eigenvalue weighted by Gasteiger charge is 2.17. The lowest BCUT2D eigenvalue weighted by molar-refractivity contribution is 0.0932. The van der Waals surface area contributed by atoms with Crippen LogP contribution >= 0.6 is 23.2 Å². The Kier molecular flexibility index (Phi) is 6.75. The highest BCUT2D eigenvalue weighted by Crippen LogP contribution is 2.25. The zero-order chi connectivity index (χ0) is 19.2. The smallest absolute Gasteiger partial charge is 0.258 e. The van der Waals surface area contributed by atoms with Crippen molar-refractivity contribution >= 4 is 40.7 Å². The van der Waals surface area contributed by atoms with Crippen molar-refractivity contribution in [2.45, 2.75) is 44.6 Å². The van der Waals surface area contributed by atoms with Crippen LogP contribution in [0.4, 0.5) is 5.69 Å². The number of carbonyl (C=O) groups is 2. The quantitative estimate of drug-likeness (QED) is 0.642. The summed E-state index contributed by atoms with van der Waals surface area (Å²) in [5.41, 5.74) is 1.25. The fourth-order valence-electron chi connectivity index (χ4n) is 3.34. The molecule has 0 unspecified atom stereocenters. The highest BCUT2D eigenvalue weighted by molar-refractivity contribution is 6.40. The van der Waals surface area contributed by atoms with Crippen LogP contribution in [-0.4, -0.2) is 17.9 Å². The third-order valence-corrected chi connectivity index (χ3v) is 5.39. The van der Waals surface area contributed by atoms with Crippen LogP contribution < -0.4 is 10.6 Å². The van der Waals surface area contributed by atoms with E-state index in [1.807, 2.05) is 0 Å². The standard InChI is InChI=1S/C21H22Cl2N2O2/c22-17-11-6-12-18(23)19(17)21(27)25-16-10-5-7-14(13-16)20(26)24-15-8-3-1-2-4-9-15/h5-7,10-13,15H,1-4,8-9H2,(H,24,26)(H,25,27). The van der Waals surface area contributed by atoms with Crippen molar-refractivity contribution in [1.29, 1.82) is 0 Å². The molecule has 0 atom stereocenters. The first kappa shape index (κ1) is 19.7. The lowest BCUT2D eigenvalue weighted by atomic mass is 10.1. The minimum absolute atomic E-state index is 0.117.